The number of rotatable bonds is 4. The lowest BCUT2D eigenvalue weighted by Gasteiger charge is -2.16. The number of hydrogen-bond acceptors (Lipinski definition) is 3. The summed E-state index contributed by atoms with van der Waals surface area (Å²) in [4.78, 5) is 26.2. The highest BCUT2D eigenvalue weighted by Crippen LogP contribution is 2.26. The van der Waals surface area contributed by atoms with Crippen molar-refractivity contribution in [3.63, 3.8) is 0 Å². The molecule has 0 radical (unpaired) electrons. The number of benzene rings is 2. The highest BCUT2D eigenvalue weighted by molar-refractivity contribution is 6.03. The average Bonchev–Trinajstić information content (AvgIpc) is 2.98. The van der Waals surface area contributed by atoms with Crippen molar-refractivity contribution < 1.29 is 14.3 Å². The zero-order valence-electron chi connectivity index (χ0n) is 12.9. The number of carbonyl (C=O) groups excluding carboxylic acids is 2. The molecule has 1 fully saturated rings. The predicted molar refractivity (Wildman–Crippen MR) is 88.5 cm³/mol. The molecule has 0 spiro atoms. The molecule has 0 bridgehead atoms. The van der Waals surface area contributed by atoms with E-state index in [1.54, 1.807) is 24.1 Å². The molecule has 3 rings (SSSR count). The normalized spacial score (nSPS) is 17.2. The zero-order valence-corrected chi connectivity index (χ0v) is 12.9. The monoisotopic (exact) mass is 310 g/mol. The minimum absolute atomic E-state index is 0.0259. The molecule has 1 heterocycles. The summed E-state index contributed by atoms with van der Waals surface area (Å²) in [7, 11) is 1.58. The molecule has 0 saturated carbocycles. The molecular weight excluding hydrogens is 292 g/mol. The number of amides is 2. The van der Waals surface area contributed by atoms with Crippen LogP contribution in [0.1, 0.15) is 6.42 Å². The minimum Gasteiger partial charge on any atom is -0.497 e. The molecule has 23 heavy (non-hydrogen) atoms. The van der Waals surface area contributed by atoms with Crippen LogP contribution in [0.5, 0.6) is 5.75 Å². The van der Waals surface area contributed by atoms with Gasteiger partial charge >= 0.3 is 0 Å². The van der Waals surface area contributed by atoms with Gasteiger partial charge in [-0.3, -0.25) is 9.59 Å². The van der Waals surface area contributed by atoms with Gasteiger partial charge in [0.2, 0.25) is 11.8 Å². The summed E-state index contributed by atoms with van der Waals surface area (Å²) in [5, 5.41) is 2.85. The first-order chi connectivity index (χ1) is 11.2. The molecule has 0 unspecified atom stereocenters. The van der Waals surface area contributed by atoms with Crippen molar-refractivity contribution in [2.24, 2.45) is 5.92 Å². The van der Waals surface area contributed by atoms with Crippen LogP contribution in [0.2, 0.25) is 0 Å². The lowest BCUT2D eigenvalue weighted by molar-refractivity contribution is -0.122. The van der Waals surface area contributed by atoms with Crippen LogP contribution in [-0.4, -0.2) is 25.5 Å². The molecule has 2 aromatic carbocycles. The van der Waals surface area contributed by atoms with Crippen LogP contribution >= 0.6 is 0 Å². The van der Waals surface area contributed by atoms with Gasteiger partial charge < -0.3 is 15.0 Å². The molecule has 1 N–H and O–H groups in total. The summed E-state index contributed by atoms with van der Waals surface area (Å²) in [5.41, 5.74) is 1.49. The maximum absolute atomic E-state index is 12.4. The van der Waals surface area contributed by atoms with Gasteiger partial charge in [-0.25, -0.2) is 0 Å². The molecular formula is C18H18N2O3. The topological polar surface area (TPSA) is 58.6 Å². The fourth-order valence-corrected chi connectivity index (χ4v) is 2.69. The summed E-state index contributed by atoms with van der Waals surface area (Å²) in [5.74, 6) is 0.150. The molecule has 2 amide bonds. The van der Waals surface area contributed by atoms with Crippen molar-refractivity contribution in [2.75, 3.05) is 23.9 Å². The van der Waals surface area contributed by atoms with Crippen molar-refractivity contribution in [2.45, 2.75) is 6.42 Å². The molecule has 2 aromatic rings. The molecule has 118 valence electrons. The minimum atomic E-state index is -0.353. The van der Waals surface area contributed by atoms with Gasteiger partial charge in [-0.05, 0) is 24.3 Å². The van der Waals surface area contributed by atoms with Gasteiger partial charge in [0.1, 0.15) is 5.75 Å². The number of ether oxygens (including phenoxy) is 1. The fraction of sp³-hybridized carbons (Fsp3) is 0.222. The summed E-state index contributed by atoms with van der Waals surface area (Å²) in [6, 6.07) is 16.6. The average molecular weight is 310 g/mol. The summed E-state index contributed by atoms with van der Waals surface area (Å²) < 4.78 is 5.14. The largest absolute Gasteiger partial charge is 0.497 e. The summed E-state index contributed by atoms with van der Waals surface area (Å²) in [6.07, 6.45) is 0.227. The van der Waals surface area contributed by atoms with E-state index in [2.05, 4.69) is 5.32 Å². The Labute approximate surface area is 134 Å². The SMILES string of the molecule is COc1cccc(NC(=O)[C@@H]2CC(=O)N(c3ccccc3)C2)c1. The Morgan fingerprint density at radius 3 is 2.70 bits per heavy atom. The first kappa shape index (κ1) is 15.1. The third kappa shape index (κ3) is 3.34. The van der Waals surface area contributed by atoms with Gasteiger partial charge in [0, 0.05) is 30.4 Å². The Balaban J connectivity index is 1.68. The number of hydrogen-bond donors (Lipinski definition) is 1. The first-order valence-corrected chi connectivity index (χ1v) is 7.47. The number of anilines is 2. The molecule has 0 aliphatic carbocycles. The van der Waals surface area contributed by atoms with Crippen molar-refractivity contribution in [1.29, 1.82) is 0 Å². The predicted octanol–water partition coefficient (Wildman–Crippen LogP) is 2.69. The van der Waals surface area contributed by atoms with Crippen LogP contribution in [0.3, 0.4) is 0 Å². The second kappa shape index (κ2) is 6.52. The van der Waals surface area contributed by atoms with Gasteiger partial charge in [0.25, 0.3) is 0 Å². The highest BCUT2D eigenvalue weighted by atomic mass is 16.5. The Morgan fingerprint density at radius 2 is 1.96 bits per heavy atom. The Kier molecular flexibility index (Phi) is 4.28. The second-order valence-electron chi connectivity index (χ2n) is 5.46. The lowest BCUT2D eigenvalue weighted by atomic mass is 10.1. The standard InChI is InChI=1S/C18H18N2O3/c1-23-16-9-5-6-14(11-16)19-18(22)13-10-17(21)20(12-13)15-7-3-2-4-8-15/h2-9,11,13H,10,12H2,1H3,(H,19,22)/t13-/m1/s1. The van der Waals surface area contributed by atoms with Gasteiger partial charge in [-0.1, -0.05) is 24.3 Å². The maximum Gasteiger partial charge on any atom is 0.229 e. The smallest absolute Gasteiger partial charge is 0.229 e. The third-order valence-electron chi connectivity index (χ3n) is 3.90. The van der Waals surface area contributed by atoms with E-state index in [4.69, 9.17) is 4.74 Å². The van der Waals surface area contributed by atoms with Gasteiger partial charge in [-0.2, -0.15) is 0 Å². The van der Waals surface area contributed by atoms with Crippen LogP contribution in [0.15, 0.2) is 54.6 Å². The van der Waals surface area contributed by atoms with Crippen LogP contribution in [0.25, 0.3) is 0 Å². The zero-order chi connectivity index (χ0) is 16.2. The molecule has 0 aromatic heterocycles. The van der Waals surface area contributed by atoms with Crippen molar-refractivity contribution >= 4 is 23.2 Å². The quantitative estimate of drug-likeness (QED) is 0.944. The van der Waals surface area contributed by atoms with E-state index in [1.807, 2.05) is 42.5 Å². The molecule has 1 atom stereocenters. The molecule has 1 aliphatic heterocycles. The van der Waals surface area contributed by atoms with Crippen LogP contribution in [0.4, 0.5) is 11.4 Å². The number of para-hydroxylation sites is 1. The number of methoxy groups -OCH3 is 1. The Hall–Kier alpha value is -2.82. The van der Waals surface area contributed by atoms with Crippen molar-refractivity contribution in [3.05, 3.63) is 54.6 Å². The Morgan fingerprint density at radius 1 is 1.17 bits per heavy atom. The van der Waals surface area contributed by atoms with Crippen LogP contribution in [-0.2, 0) is 9.59 Å². The van der Waals surface area contributed by atoms with E-state index in [0.717, 1.165) is 5.69 Å². The Bertz CT molecular complexity index is 715. The number of nitrogens with zero attached hydrogens (tertiary/aromatic N) is 1. The van der Waals surface area contributed by atoms with Crippen LogP contribution < -0.4 is 15.0 Å². The van der Waals surface area contributed by atoms with E-state index in [9.17, 15) is 9.59 Å². The molecule has 1 aliphatic rings. The van der Waals surface area contributed by atoms with E-state index < -0.39 is 0 Å². The molecule has 5 nitrogen and oxygen atoms in total. The maximum atomic E-state index is 12.4. The first-order valence-electron chi connectivity index (χ1n) is 7.47. The highest BCUT2D eigenvalue weighted by Gasteiger charge is 2.35. The van der Waals surface area contributed by atoms with Gasteiger partial charge in [0.05, 0.1) is 13.0 Å². The number of carbonyl (C=O) groups is 2. The summed E-state index contributed by atoms with van der Waals surface area (Å²) in [6.45, 7) is 0.401. The number of nitrogens with one attached hydrogen (secondary N) is 1. The van der Waals surface area contributed by atoms with E-state index in [-0.39, 0.29) is 24.2 Å². The van der Waals surface area contributed by atoms with E-state index in [0.29, 0.717) is 18.0 Å². The second-order valence-corrected chi connectivity index (χ2v) is 5.46. The van der Waals surface area contributed by atoms with Crippen molar-refractivity contribution in [1.82, 2.24) is 0 Å². The van der Waals surface area contributed by atoms with E-state index in [1.165, 1.54) is 0 Å². The third-order valence-corrected chi connectivity index (χ3v) is 3.90. The molecule has 5 heteroatoms. The van der Waals surface area contributed by atoms with Gasteiger partial charge in [-0.15, -0.1) is 0 Å². The van der Waals surface area contributed by atoms with Crippen molar-refractivity contribution in [3.8, 4) is 5.75 Å². The van der Waals surface area contributed by atoms with E-state index >= 15 is 0 Å². The fourth-order valence-electron chi connectivity index (χ4n) is 2.69. The molecule has 1 saturated heterocycles. The van der Waals surface area contributed by atoms with Crippen LogP contribution in [0, 0.1) is 5.92 Å². The van der Waals surface area contributed by atoms with Gasteiger partial charge in [0.15, 0.2) is 0 Å². The lowest BCUT2D eigenvalue weighted by Crippen LogP contribution is -2.28. The summed E-state index contributed by atoms with van der Waals surface area (Å²) >= 11 is 0.